The first-order chi connectivity index (χ1) is 13.1. The van der Waals surface area contributed by atoms with Crippen molar-refractivity contribution < 1.29 is 4.79 Å². The summed E-state index contributed by atoms with van der Waals surface area (Å²) in [6.07, 6.45) is 7.32. The highest BCUT2D eigenvalue weighted by atomic mass is 16.1. The highest BCUT2D eigenvalue weighted by molar-refractivity contribution is 5.96. The molecule has 0 atom stereocenters. The van der Waals surface area contributed by atoms with Crippen LogP contribution in [-0.2, 0) is 6.42 Å². The van der Waals surface area contributed by atoms with Crippen LogP contribution in [0.25, 0.3) is 16.9 Å². The Morgan fingerprint density at radius 2 is 2.07 bits per heavy atom. The Hall–Kier alpha value is -3.02. The molecule has 1 fully saturated rings. The second-order valence-corrected chi connectivity index (χ2v) is 7.08. The Morgan fingerprint density at radius 1 is 1.22 bits per heavy atom. The Balaban J connectivity index is 1.79. The molecule has 3 aromatic rings. The van der Waals surface area contributed by atoms with Gasteiger partial charge < -0.3 is 5.32 Å². The molecular weight excluding hydrogens is 338 g/mol. The van der Waals surface area contributed by atoms with E-state index in [0.29, 0.717) is 11.6 Å². The molecule has 1 aliphatic carbocycles. The van der Waals surface area contributed by atoms with E-state index in [1.807, 2.05) is 48.1 Å². The van der Waals surface area contributed by atoms with Gasteiger partial charge in [0.05, 0.1) is 11.4 Å². The third-order valence-electron chi connectivity index (χ3n) is 4.64. The van der Waals surface area contributed by atoms with Gasteiger partial charge in [-0.05, 0) is 56.0 Å². The first kappa shape index (κ1) is 17.4. The van der Waals surface area contributed by atoms with Crippen LogP contribution in [0.3, 0.4) is 0 Å². The molecular formula is C21H23N5O. The number of hydrogen-bond acceptors (Lipinski definition) is 4. The molecule has 0 spiro atoms. The Morgan fingerprint density at radius 3 is 2.78 bits per heavy atom. The van der Waals surface area contributed by atoms with Gasteiger partial charge in [0.25, 0.3) is 5.91 Å². The minimum absolute atomic E-state index is 0.0510. The van der Waals surface area contributed by atoms with Gasteiger partial charge in [0.15, 0.2) is 0 Å². The zero-order valence-electron chi connectivity index (χ0n) is 15.6. The fourth-order valence-electron chi connectivity index (χ4n) is 3.02. The van der Waals surface area contributed by atoms with Crippen LogP contribution in [0.2, 0.25) is 0 Å². The number of nitrogens with zero attached hydrogens (tertiary/aromatic N) is 4. The van der Waals surface area contributed by atoms with Crippen molar-refractivity contribution in [2.24, 2.45) is 0 Å². The van der Waals surface area contributed by atoms with Crippen LogP contribution < -0.4 is 5.32 Å². The molecule has 1 N–H and O–H groups in total. The summed E-state index contributed by atoms with van der Waals surface area (Å²) in [5.41, 5.74) is 4.28. The number of carbonyl (C=O) groups is 1. The third kappa shape index (κ3) is 3.89. The van der Waals surface area contributed by atoms with Gasteiger partial charge in [-0.25, -0.2) is 9.67 Å². The number of nitrogens with one attached hydrogen (secondary N) is 1. The van der Waals surface area contributed by atoms with E-state index in [0.717, 1.165) is 54.0 Å². The van der Waals surface area contributed by atoms with E-state index in [2.05, 4.69) is 27.3 Å². The van der Waals surface area contributed by atoms with Gasteiger partial charge in [0.1, 0.15) is 12.2 Å². The number of hydrogen-bond donors (Lipinski definition) is 1. The van der Waals surface area contributed by atoms with Crippen LogP contribution in [0, 0.1) is 6.92 Å². The van der Waals surface area contributed by atoms with E-state index in [9.17, 15) is 4.79 Å². The van der Waals surface area contributed by atoms with Gasteiger partial charge in [-0.1, -0.05) is 13.0 Å². The molecule has 1 aliphatic rings. The maximum absolute atomic E-state index is 12.7. The summed E-state index contributed by atoms with van der Waals surface area (Å²) in [6.45, 7) is 4.12. The molecule has 0 saturated heterocycles. The maximum Gasteiger partial charge on any atom is 0.251 e. The molecule has 4 rings (SSSR count). The van der Waals surface area contributed by atoms with Crippen molar-refractivity contribution in [3.8, 4) is 16.9 Å². The lowest BCUT2D eigenvalue weighted by Crippen LogP contribution is -2.25. The summed E-state index contributed by atoms with van der Waals surface area (Å²) >= 11 is 0. The number of benzene rings is 1. The highest BCUT2D eigenvalue weighted by Crippen LogP contribution is 2.25. The topological polar surface area (TPSA) is 72.7 Å². The third-order valence-corrected chi connectivity index (χ3v) is 4.64. The van der Waals surface area contributed by atoms with E-state index in [4.69, 9.17) is 0 Å². The van der Waals surface area contributed by atoms with Crippen LogP contribution in [0.4, 0.5) is 0 Å². The number of amides is 1. The maximum atomic E-state index is 12.7. The fraction of sp³-hybridized carbons (Fsp3) is 0.333. The van der Waals surface area contributed by atoms with Crippen LogP contribution in [0.15, 0.2) is 42.9 Å². The van der Waals surface area contributed by atoms with Crippen molar-refractivity contribution in [2.75, 3.05) is 0 Å². The molecule has 2 aromatic heterocycles. The zero-order chi connectivity index (χ0) is 18.8. The van der Waals surface area contributed by atoms with Crippen LogP contribution >= 0.6 is 0 Å². The van der Waals surface area contributed by atoms with E-state index in [1.54, 1.807) is 6.33 Å². The zero-order valence-corrected chi connectivity index (χ0v) is 15.6. The summed E-state index contributed by atoms with van der Waals surface area (Å²) in [5, 5.41) is 7.45. The van der Waals surface area contributed by atoms with Crippen molar-refractivity contribution in [3.05, 3.63) is 59.8 Å². The van der Waals surface area contributed by atoms with E-state index in [-0.39, 0.29) is 5.91 Å². The highest BCUT2D eigenvalue weighted by Gasteiger charge is 2.24. The molecule has 0 unspecified atom stereocenters. The molecule has 2 heterocycles. The summed E-state index contributed by atoms with van der Waals surface area (Å²) in [6, 6.07) is 10.1. The minimum Gasteiger partial charge on any atom is -0.349 e. The number of aromatic nitrogens is 4. The second-order valence-electron chi connectivity index (χ2n) is 7.08. The van der Waals surface area contributed by atoms with Crippen molar-refractivity contribution in [3.63, 3.8) is 0 Å². The molecule has 27 heavy (non-hydrogen) atoms. The molecule has 1 amide bonds. The molecule has 1 aromatic carbocycles. The summed E-state index contributed by atoms with van der Waals surface area (Å²) in [5.74, 6) is 0.838. The summed E-state index contributed by atoms with van der Waals surface area (Å²) < 4.78 is 1.81. The second kappa shape index (κ2) is 7.31. The van der Waals surface area contributed by atoms with Crippen molar-refractivity contribution in [2.45, 2.75) is 45.6 Å². The quantitative estimate of drug-likeness (QED) is 0.729. The molecule has 6 nitrogen and oxygen atoms in total. The van der Waals surface area contributed by atoms with Crippen LogP contribution in [-0.4, -0.2) is 31.7 Å². The average Bonchev–Trinajstić information content (AvgIpc) is 3.37. The molecule has 0 aliphatic heterocycles. The van der Waals surface area contributed by atoms with Crippen molar-refractivity contribution in [1.29, 1.82) is 0 Å². The fourth-order valence-corrected chi connectivity index (χ4v) is 3.02. The van der Waals surface area contributed by atoms with Crippen LogP contribution in [0.5, 0.6) is 0 Å². The number of carbonyl (C=O) groups excluding carboxylic acids is 1. The number of pyridine rings is 1. The summed E-state index contributed by atoms with van der Waals surface area (Å²) in [4.78, 5) is 21.6. The van der Waals surface area contributed by atoms with Crippen LogP contribution in [0.1, 0.15) is 47.9 Å². The molecule has 0 radical (unpaired) electrons. The molecule has 6 heteroatoms. The van der Waals surface area contributed by atoms with Gasteiger partial charge in [-0.2, -0.15) is 5.10 Å². The number of aryl methyl sites for hydroxylation is 2. The lowest BCUT2D eigenvalue weighted by Gasteiger charge is -2.12. The summed E-state index contributed by atoms with van der Waals surface area (Å²) in [7, 11) is 0. The Kier molecular flexibility index (Phi) is 4.71. The van der Waals surface area contributed by atoms with Crippen molar-refractivity contribution in [1.82, 2.24) is 25.1 Å². The first-order valence-electron chi connectivity index (χ1n) is 9.42. The van der Waals surface area contributed by atoms with Gasteiger partial charge in [0, 0.05) is 29.8 Å². The first-order valence-corrected chi connectivity index (χ1v) is 9.42. The Labute approximate surface area is 158 Å². The van der Waals surface area contributed by atoms with Crippen molar-refractivity contribution >= 4 is 5.91 Å². The molecule has 1 saturated carbocycles. The molecule has 0 bridgehead atoms. The standard InChI is InChI=1S/C21H23N5O/c1-3-4-20-23-13-24-26(20)18-10-15(19-8-5-14(2)12-22-19)9-16(11-18)21(27)25-17-6-7-17/h5,8-13,17H,3-4,6-7H2,1-2H3,(H,25,27). The van der Waals surface area contributed by atoms with Gasteiger partial charge in [-0.3, -0.25) is 9.78 Å². The smallest absolute Gasteiger partial charge is 0.251 e. The monoisotopic (exact) mass is 361 g/mol. The lowest BCUT2D eigenvalue weighted by molar-refractivity contribution is 0.0951. The average molecular weight is 361 g/mol. The largest absolute Gasteiger partial charge is 0.349 e. The Bertz CT molecular complexity index is 957. The van der Waals surface area contributed by atoms with E-state index < -0.39 is 0 Å². The predicted molar refractivity (Wildman–Crippen MR) is 104 cm³/mol. The van der Waals surface area contributed by atoms with Gasteiger partial charge >= 0.3 is 0 Å². The van der Waals surface area contributed by atoms with E-state index >= 15 is 0 Å². The minimum atomic E-state index is -0.0510. The predicted octanol–water partition coefficient (Wildman–Crippen LogP) is 3.48. The normalized spacial score (nSPS) is 13.6. The lowest BCUT2D eigenvalue weighted by atomic mass is 10.0. The van der Waals surface area contributed by atoms with Gasteiger partial charge in [-0.15, -0.1) is 0 Å². The molecule has 138 valence electrons. The SMILES string of the molecule is CCCc1ncnn1-c1cc(C(=O)NC2CC2)cc(-c2ccc(C)cn2)c1. The van der Waals surface area contributed by atoms with Gasteiger partial charge in [0.2, 0.25) is 0 Å². The number of rotatable bonds is 6. The van der Waals surface area contributed by atoms with E-state index in [1.165, 1.54) is 0 Å².